The van der Waals surface area contributed by atoms with Crippen molar-refractivity contribution in [1.82, 2.24) is 10.3 Å². The summed E-state index contributed by atoms with van der Waals surface area (Å²) in [5.74, 6) is -0.235. The van der Waals surface area contributed by atoms with Crippen LogP contribution in [0.1, 0.15) is 6.42 Å². The lowest BCUT2D eigenvalue weighted by Crippen LogP contribution is -2.38. The fourth-order valence-corrected chi connectivity index (χ4v) is 2.96. The number of amides is 1. The Labute approximate surface area is 129 Å². The van der Waals surface area contributed by atoms with Gasteiger partial charge in [0.1, 0.15) is 0 Å². The molecule has 22 heavy (non-hydrogen) atoms. The van der Waals surface area contributed by atoms with E-state index >= 15 is 0 Å². The van der Waals surface area contributed by atoms with Gasteiger partial charge in [-0.25, -0.2) is 4.98 Å². The largest absolute Gasteiger partial charge is 0.460 e. The molecule has 1 aromatic carbocycles. The summed E-state index contributed by atoms with van der Waals surface area (Å²) >= 11 is 1.17. The monoisotopic (exact) mass is 323 g/mol. The number of thiazole rings is 1. The molecule has 3 rings (SSSR count). The third-order valence-electron chi connectivity index (χ3n) is 3.18. The number of nitro groups is 1. The molecule has 1 fully saturated rings. The number of ether oxygens (including phenoxy) is 2. The highest BCUT2D eigenvalue weighted by molar-refractivity contribution is 7.20. The molecule has 1 amide bonds. The minimum Gasteiger partial charge on any atom is -0.460 e. The van der Waals surface area contributed by atoms with Gasteiger partial charge in [0, 0.05) is 18.7 Å². The molecule has 1 aromatic heterocycles. The predicted molar refractivity (Wildman–Crippen MR) is 79.1 cm³/mol. The highest BCUT2D eigenvalue weighted by Gasteiger charge is 2.18. The Bertz CT molecular complexity index is 711. The molecule has 0 saturated carbocycles. The minimum absolute atomic E-state index is 0.00155. The Balaban J connectivity index is 1.61. The van der Waals surface area contributed by atoms with Gasteiger partial charge in [-0.15, -0.1) is 0 Å². The van der Waals surface area contributed by atoms with E-state index in [0.29, 0.717) is 28.6 Å². The van der Waals surface area contributed by atoms with Crippen molar-refractivity contribution >= 4 is 33.1 Å². The van der Waals surface area contributed by atoms with Crippen LogP contribution in [0.5, 0.6) is 5.19 Å². The molecule has 0 aliphatic carbocycles. The number of aromatic nitrogens is 1. The summed E-state index contributed by atoms with van der Waals surface area (Å²) in [6, 6.07) is 4.43. The van der Waals surface area contributed by atoms with Gasteiger partial charge in [-0.2, -0.15) is 0 Å². The van der Waals surface area contributed by atoms with Gasteiger partial charge in [-0.3, -0.25) is 14.9 Å². The third kappa shape index (κ3) is 3.31. The van der Waals surface area contributed by atoms with Crippen LogP contribution < -0.4 is 10.1 Å². The fraction of sp³-hybridized carbons (Fsp3) is 0.385. The molecular formula is C13H13N3O5S. The molecule has 0 bridgehead atoms. The van der Waals surface area contributed by atoms with E-state index in [0.717, 1.165) is 6.42 Å². The standard InChI is InChI=1S/C13H13N3O5S/c17-12(14-8-3-4-20-6-8)7-21-13-15-10-2-1-9(16(18)19)5-11(10)22-13/h1-2,5,8H,3-4,6-7H2,(H,14,17). The molecular weight excluding hydrogens is 310 g/mol. The maximum atomic E-state index is 11.7. The zero-order valence-corrected chi connectivity index (χ0v) is 12.3. The SMILES string of the molecule is O=C(COc1nc2ccc([N+](=O)[O-])cc2s1)NC1CCOC1. The summed E-state index contributed by atoms with van der Waals surface area (Å²) in [5, 5.41) is 13.8. The molecule has 116 valence electrons. The van der Waals surface area contributed by atoms with E-state index in [2.05, 4.69) is 10.3 Å². The first-order valence-corrected chi connectivity index (χ1v) is 7.48. The van der Waals surface area contributed by atoms with Crippen LogP contribution in [-0.4, -0.2) is 41.7 Å². The van der Waals surface area contributed by atoms with Gasteiger partial charge < -0.3 is 14.8 Å². The van der Waals surface area contributed by atoms with E-state index in [1.807, 2.05) is 0 Å². The number of fused-ring (bicyclic) bond motifs is 1. The molecule has 1 atom stereocenters. The van der Waals surface area contributed by atoms with E-state index in [9.17, 15) is 14.9 Å². The van der Waals surface area contributed by atoms with Crippen LogP contribution in [0.3, 0.4) is 0 Å². The van der Waals surface area contributed by atoms with Crippen molar-refractivity contribution in [2.45, 2.75) is 12.5 Å². The van der Waals surface area contributed by atoms with Crippen LogP contribution in [0.2, 0.25) is 0 Å². The van der Waals surface area contributed by atoms with Crippen LogP contribution in [0, 0.1) is 10.1 Å². The van der Waals surface area contributed by atoms with Crippen molar-refractivity contribution in [2.75, 3.05) is 19.8 Å². The molecule has 1 unspecified atom stereocenters. The Kier molecular flexibility index (Phi) is 4.16. The number of carbonyl (C=O) groups excluding carboxylic acids is 1. The van der Waals surface area contributed by atoms with Crippen molar-refractivity contribution in [1.29, 1.82) is 0 Å². The van der Waals surface area contributed by atoms with Crippen molar-refractivity contribution in [2.24, 2.45) is 0 Å². The minimum atomic E-state index is -0.461. The second kappa shape index (κ2) is 6.24. The molecule has 8 nitrogen and oxygen atoms in total. The first-order chi connectivity index (χ1) is 10.6. The predicted octanol–water partition coefficient (Wildman–Crippen LogP) is 1.49. The van der Waals surface area contributed by atoms with E-state index in [-0.39, 0.29) is 24.2 Å². The van der Waals surface area contributed by atoms with Crippen LogP contribution >= 0.6 is 11.3 Å². The average molecular weight is 323 g/mol. The summed E-state index contributed by atoms with van der Waals surface area (Å²) in [7, 11) is 0. The average Bonchev–Trinajstić information content (AvgIpc) is 3.12. The van der Waals surface area contributed by atoms with Gasteiger partial charge in [0.2, 0.25) is 0 Å². The maximum Gasteiger partial charge on any atom is 0.274 e. The lowest BCUT2D eigenvalue weighted by atomic mass is 10.2. The lowest BCUT2D eigenvalue weighted by molar-refractivity contribution is -0.384. The van der Waals surface area contributed by atoms with Crippen LogP contribution in [-0.2, 0) is 9.53 Å². The van der Waals surface area contributed by atoms with Gasteiger partial charge in [-0.05, 0) is 12.5 Å². The zero-order valence-electron chi connectivity index (χ0n) is 11.5. The van der Waals surface area contributed by atoms with Gasteiger partial charge in [0.15, 0.2) is 6.61 Å². The second-order valence-electron chi connectivity index (χ2n) is 4.81. The number of nitrogens with zero attached hydrogens (tertiary/aromatic N) is 2. The number of carbonyl (C=O) groups is 1. The number of non-ortho nitro benzene ring substituents is 1. The van der Waals surface area contributed by atoms with Gasteiger partial charge in [0.25, 0.3) is 16.8 Å². The summed E-state index contributed by atoms with van der Waals surface area (Å²) in [6.07, 6.45) is 0.802. The first-order valence-electron chi connectivity index (χ1n) is 6.67. The van der Waals surface area contributed by atoms with E-state index in [1.54, 1.807) is 6.07 Å². The summed E-state index contributed by atoms with van der Waals surface area (Å²) in [4.78, 5) is 26.2. The van der Waals surface area contributed by atoms with E-state index in [1.165, 1.54) is 23.5 Å². The van der Waals surface area contributed by atoms with Gasteiger partial charge >= 0.3 is 0 Å². The van der Waals surface area contributed by atoms with Crippen molar-refractivity contribution in [3.8, 4) is 5.19 Å². The second-order valence-corrected chi connectivity index (χ2v) is 5.80. The Hall–Kier alpha value is -2.26. The third-order valence-corrected chi connectivity index (χ3v) is 4.12. The van der Waals surface area contributed by atoms with E-state index < -0.39 is 4.92 Å². The smallest absolute Gasteiger partial charge is 0.274 e. The topological polar surface area (TPSA) is 104 Å². The van der Waals surface area contributed by atoms with Crippen molar-refractivity contribution in [3.63, 3.8) is 0 Å². The fourth-order valence-electron chi connectivity index (χ4n) is 2.11. The highest BCUT2D eigenvalue weighted by Crippen LogP contribution is 2.30. The normalized spacial score (nSPS) is 17.5. The molecule has 9 heteroatoms. The Morgan fingerprint density at radius 1 is 1.59 bits per heavy atom. The van der Waals surface area contributed by atoms with Crippen molar-refractivity contribution < 1.29 is 19.2 Å². The number of hydrogen-bond acceptors (Lipinski definition) is 7. The summed E-state index contributed by atoms with van der Waals surface area (Å²) in [6.45, 7) is 1.04. The number of benzene rings is 1. The van der Waals surface area contributed by atoms with Crippen molar-refractivity contribution in [3.05, 3.63) is 28.3 Å². The van der Waals surface area contributed by atoms with Crippen LogP contribution in [0.15, 0.2) is 18.2 Å². The number of nitro benzene ring substituents is 1. The summed E-state index contributed by atoms with van der Waals surface area (Å²) < 4.78 is 11.2. The van der Waals surface area contributed by atoms with Crippen LogP contribution in [0.25, 0.3) is 10.2 Å². The maximum absolute atomic E-state index is 11.7. The molecule has 2 aromatic rings. The van der Waals surface area contributed by atoms with Gasteiger partial charge in [-0.1, -0.05) is 11.3 Å². The van der Waals surface area contributed by atoms with Gasteiger partial charge in [0.05, 0.1) is 27.8 Å². The highest BCUT2D eigenvalue weighted by atomic mass is 32.1. The van der Waals surface area contributed by atoms with Crippen LogP contribution in [0.4, 0.5) is 5.69 Å². The molecule has 1 aliphatic heterocycles. The zero-order chi connectivity index (χ0) is 15.5. The number of rotatable bonds is 5. The molecule has 1 saturated heterocycles. The van der Waals surface area contributed by atoms with E-state index in [4.69, 9.17) is 9.47 Å². The summed E-state index contributed by atoms with van der Waals surface area (Å²) in [5.41, 5.74) is 0.608. The lowest BCUT2D eigenvalue weighted by Gasteiger charge is -2.10. The molecule has 0 radical (unpaired) electrons. The molecule has 1 N–H and O–H groups in total. The Morgan fingerprint density at radius 3 is 3.18 bits per heavy atom. The molecule has 2 heterocycles. The number of nitrogens with one attached hydrogen (secondary N) is 1. The molecule has 1 aliphatic rings. The molecule has 0 spiro atoms. The first kappa shape index (κ1) is 14.7. The quantitative estimate of drug-likeness (QED) is 0.660. The number of hydrogen-bond donors (Lipinski definition) is 1. The Morgan fingerprint density at radius 2 is 2.45 bits per heavy atom.